The predicted octanol–water partition coefficient (Wildman–Crippen LogP) is 3.65. The Morgan fingerprint density at radius 1 is 1.11 bits per heavy atom. The predicted molar refractivity (Wildman–Crippen MR) is 74.6 cm³/mol. The number of rotatable bonds is 3. The van der Waals surface area contributed by atoms with Gasteiger partial charge in [0.2, 0.25) is 0 Å². The molecule has 0 fully saturated rings. The van der Waals surface area contributed by atoms with Crippen LogP contribution < -0.4 is 0 Å². The summed E-state index contributed by atoms with van der Waals surface area (Å²) in [5.41, 5.74) is 0.750. The van der Waals surface area contributed by atoms with Crippen molar-refractivity contribution in [1.82, 2.24) is 0 Å². The Hall–Kier alpha value is -2.26. The van der Waals surface area contributed by atoms with Crippen LogP contribution in [0.3, 0.4) is 0 Å². The Labute approximate surface area is 115 Å². The summed E-state index contributed by atoms with van der Waals surface area (Å²) < 4.78 is 0. The molecule has 0 aromatic heterocycles. The second-order valence-corrected chi connectivity index (χ2v) is 4.33. The van der Waals surface area contributed by atoms with Gasteiger partial charge in [-0.1, -0.05) is 29.8 Å². The number of ketones is 1. The highest BCUT2D eigenvalue weighted by molar-refractivity contribution is 6.32. The van der Waals surface area contributed by atoms with Crippen LogP contribution in [0, 0.1) is 0 Å². The molecule has 0 radical (unpaired) electrons. The van der Waals surface area contributed by atoms with E-state index >= 15 is 0 Å². The van der Waals surface area contributed by atoms with Gasteiger partial charge in [-0.2, -0.15) is 0 Å². The highest BCUT2D eigenvalue weighted by Gasteiger charge is 2.09. The summed E-state index contributed by atoms with van der Waals surface area (Å²) in [5, 5.41) is 19.4. The molecule has 0 unspecified atom stereocenters. The minimum absolute atomic E-state index is 0.0447. The molecule has 0 heterocycles. The van der Waals surface area contributed by atoms with Crippen molar-refractivity contribution in [1.29, 1.82) is 0 Å². The SMILES string of the molecule is O=C(/C=C/c1ccccc1Cl)c1cc(O)ccc1O. The molecule has 0 atom stereocenters. The molecule has 0 aliphatic rings. The molecule has 0 saturated heterocycles. The van der Waals surface area contributed by atoms with Crippen molar-refractivity contribution in [3.05, 3.63) is 64.7 Å². The lowest BCUT2D eigenvalue weighted by Crippen LogP contribution is -1.94. The molecule has 96 valence electrons. The topological polar surface area (TPSA) is 57.5 Å². The summed E-state index contributed by atoms with van der Waals surface area (Å²) in [6.07, 6.45) is 2.86. The second-order valence-electron chi connectivity index (χ2n) is 3.92. The zero-order chi connectivity index (χ0) is 13.8. The number of benzene rings is 2. The molecule has 0 amide bonds. The monoisotopic (exact) mass is 274 g/mol. The molecule has 0 bridgehead atoms. The third-order valence-corrected chi connectivity index (χ3v) is 2.91. The summed E-state index contributed by atoms with van der Waals surface area (Å²) in [5.74, 6) is -0.660. The lowest BCUT2D eigenvalue weighted by atomic mass is 10.1. The van der Waals surface area contributed by atoms with E-state index in [1.165, 1.54) is 24.3 Å². The van der Waals surface area contributed by atoms with Crippen LogP contribution in [0.25, 0.3) is 6.08 Å². The van der Waals surface area contributed by atoms with Crippen molar-refractivity contribution in [2.75, 3.05) is 0 Å². The second kappa shape index (κ2) is 5.59. The molecule has 2 N–H and O–H groups in total. The van der Waals surface area contributed by atoms with Crippen molar-refractivity contribution in [2.24, 2.45) is 0 Å². The molecular weight excluding hydrogens is 264 g/mol. The Bertz CT molecular complexity index is 648. The van der Waals surface area contributed by atoms with Gasteiger partial charge < -0.3 is 10.2 Å². The van der Waals surface area contributed by atoms with Crippen LogP contribution in [0.5, 0.6) is 11.5 Å². The maximum atomic E-state index is 11.9. The molecular formula is C15H11ClO3. The van der Waals surface area contributed by atoms with E-state index in [0.29, 0.717) is 10.6 Å². The summed E-state index contributed by atoms with van der Waals surface area (Å²) in [4.78, 5) is 11.9. The normalized spacial score (nSPS) is 10.8. The van der Waals surface area contributed by atoms with Crippen LogP contribution in [-0.4, -0.2) is 16.0 Å². The van der Waals surface area contributed by atoms with Crippen molar-refractivity contribution >= 4 is 23.5 Å². The number of carbonyl (C=O) groups is 1. The average molecular weight is 275 g/mol. The van der Waals surface area contributed by atoms with Gasteiger partial charge in [-0.25, -0.2) is 0 Å². The summed E-state index contributed by atoms with van der Waals surface area (Å²) >= 11 is 5.96. The summed E-state index contributed by atoms with van der Waals surface area (Å²) in [7, 11) is 0. The van der Waals surface area contributed by atoms with Gasteiger partial charge in [0.1, 0.15) is 11.5 Å². The first-order valence-corrected chi connectivity index (χ1v) is 5.94. The number of phenolic OH excluding ortho intramolecular Hbond substituents is 2. The smallest absolute Gasteiger partial charge is 0.189 e. The lowest BCUT2D eigenvalue weighted by molar-refractivity contribution is 0.104. The maximum absolute atomic E-state index is 11.9. The van der Waals surface area contributed by atoms with Gasteiger partial charge in [0.15, 0.2) is 5.78 Å². The first-order valence-electron chi connectivity index (χ1n) is 5.57. The molecule has 2 aromatic rings. The Morgan fingerprint density at radius 3 is 2.58 bits per heavy atom. The number of phenols is 2. The van der Waals surface area contributed by atoms with E-state index < -0.39 is 5.78 Å². The number of carbonyl (C=O) groups excluding carboxylic acids is 1. The standard InChI is InChI=1S/C15H11ClO3/c16-13-4-2-1-3-10(13)5-7-14(18)12-9-11(17)6-8-15(12)19/h1-9,17,19H/b7-5+. The fourth-order valence-corrected chi connectivity index (χ4v) is 1.79. The van der Waals surface area contributed by atoms with E-state index in [1.807, 2.05) is 6.07 Å². The molecule has 19 heavy (non-hydrogen) atoms. The number of aromatic hydroxyl groups is 2. The van der Waals surface area contributed by atoms with E-state index in [2.05, 4.69) is 0 Å². The van der Waals surface area contributed by atoms with Crippen molar-refractivity contribution in [2.45, 2.75) is 0 Å². The lowest BCUT2D eigenvalue weighted by Gasteiger charge is -2.01. The number of halogens is 1. The van der Waals surface area contributed by atoms with Crippen LogP contribution in [-0.2, 0) is 0 Å². The number of hydrogen-bond acceptors (Lipinski definition) is 3. The van der Waals surface area contributed by atoms with Crippen molar-refractivity contribution in [3.63, 3.8) is 0 Å². The minimum Gasteiger partial charge on any atom is -0.508 e. The molecule has 3 nitrogen and oxygen atoms in total. The molecule has 0 aliphatic carbocycles. The van der Waals surface area contributed by atoms with Gasteiger partial charge in [-0.05, 0) is 42.0 Å². The fraction of sp³-hybridized carbons (Fsp3) is 0. The van der Waals surface area contributed by atoms with Crippen LogP contribution in [0.2, 0.25) is 5.02 Å². The molecule has 0 saturated carbocycles. The first-order chi connectivity index (χ1) is 9.08. The summed E-state index contributed by atoms with van der Waals surface area (Å²) in [6.45, 7) is 0. The Kier molecular flexibility index (Phi) is 3.88. The number of hydrogen-bond donors (Lipinski definition) is 2. The van der Waals surface area contributed by atoms with E-state index in [0.717, 1.165) is 0 Å². The van der Waals surface area contributed by atoms with Gasteiger partial charge in [-0.15, -0.1) is 0 Å². The van der Waals surface area contributed by atoms with Gasteiger partial charge in [-0.3, -0.25) is 4.79 Å². The van der Waals surface area contributed by atoms with Gasteiger partial charge >= 0.3 is 0 Å². The van der Waals surface area contributed by atoms with Crippen LogP contribution >= 0.6 is 11.6 Å². The average Bonchev–Trinajstić information content (AvgIpc) is 2.40. The highest BCUT2D eigenvalue weighted by atomic mass is 35.5. The molecule has 4 heteroatoms. The molecule has 2 aromatic carbocycles. The Balaban J connectivity index is 2.26. The third kappa shape index (κ3) is 3.14. The molecule has 0 aliphatic heterocycles. The third-order valence-electron chi connectivity index (χ3n) is 2.57. The van der Waals surface area contributed by atoms with Gasteiger partial charge in [0.25, 0.3) is 0 Å². The first kappa shape index (κ1) is 13.2. The van der Waals surface area contributed by atoms with Gasteiger partial charge in [0, 0.05) is 5.02 Å². The Morgan fingerprint density at radius 2 is 1.84 bits per heavy atom. The highest BCUT2D eigenvalue weighted by Crippen LogP contribution is 2.23. The number of allylic oxidation sites excluding steroid dienone is 1. The van der Waals surface area contributed by atoms with E-state index in [-0.39, 0.29) is 17.1 Å². The van der Waals surface area contributed by atoms with E-state index in [9.17, 15) is 15.0 Å². The van der Waals surface area contributed by atoms with Crippen LogP contribution in [0.4, 0.5) is 0 Å². The fourth-order valence-electron chi connectivity index (χ4n) is 1.59. The minimum atomic E-state index is -0.409. The summed E-state index contributed by atoms with van der Waals surface area (Å²) in [6, 6.07) is 10.9. The largest absolute Gasteiger partial charge is 0.508 e. The molecule has 2 rings (SSSR count). The van der Waals surface area contributed by atoms with Crippen molar-refractivity contribution in [3.8, 4) is 11.5 Å². The van der Waals surface area contributed by atoms with Gasteiger partial charge in [0.05, 0.1) is 5.56 Å². The quantitative estimate of drug-likeness (QED) is 0.510. The van der Waals surface area contributed by atoms with Crippen LogP contribution in [0.15, 0.2) is 48.5 Å². The van der Waals surface area contributed by atoms with Crippen LogP contribution in [0.1, 0.15) is 15.9 Å². The van der Waals surface area contributed by atoms with E-state index in [4.69, 9.17) is 11.6 Å². The molecule has 0 spiro atoms. The van der Waals surface area contributed by atoms with E-state index in [1.54, 1.807) is 24.3 Å². The maximum Gasteiger partial charge on any atom is 0.189 e. The van der Waals surface area contributed by atoms with Crippen molar-refractivity contribution < 1.29 is 15.0 Å². The zero-order valence-corrected chi connectivity index (χ0v) is 10.6. The zero-order valence-electron chi connectivity index (χ0n) is 9.88.